The van der Waals surface area contributed by atoms with E-state index in [2.05, 4.69) is 10.1 Å². The number of hydrogen-bond acceptors (Lipinski definition) is 5. The van der Waals surface area contributed by atoms with E-state index in [1.54, 1.807) is 16.9 Å². The van der Waals surface area contributed by atoms with Gasteiger partial charge in [0, 0.05) is 18.3 Å². The van der Waals surface area contributed by atoms with Crippen molar-refractivity contribution >= 4 is 22.8 Å². The molecule has 0 bridgehead atoms. The maximum absolute atomic E-state index is 12.6. The van der Waals surface area contributed by atoms with Crippen LogP contribution in [0.3, 0.4) is 0 Å². The van der Waals surface area contributed by atoms with E-state index in [4.69, 9.17) is 5.73 Å². The molecule has 0 spiro atoms. The number of hydrogen-bond donors (Lipinski definition) is 1. The third-order valence-corrected chi connectivity index (χ3v) is 4.74. The molecule has 0 amide bonds. The molecule has 24 heavy (non-hydrogen) atoms. The Hall–Kier alpha value is -2.83. The Bertz CT molecular complexity index is 1000. The van der Waals surface area contributed by atoms with E-state index in [0.717, 1.165) is 16.8 Å². The number of rotatable bonds is 4. The maximum atomic E-state index is 12.6. The fraction of sp³-hybridized carbons (Fsp3) is 0.0556. The average Bonchev–Trinajstić information content (AvgIpc) is 3.31. The molecule has 1 aromatic carbocycles. The first-order valence-electron chi connectivity index (χ1n) is 7.48. The Balaban J connectivity index is 1.83. The number of carbonyl (C=O) groups excluding carboxylic acids is 1. The standard InChI is InChI=1S/C18H14N4OS/c19-10-12-3-5-13(6-4-12)15-7-8-20-18-14(11-21-22(15)18)17(23)16-2-1-9-24-16/h1-9,11H,10,19H2. The zero-order valence-corrected chi connectivity index (χ0v) is 13.5. The summed E-state index contributed by atoms with van der Waals surface area (Å²) >= 11 is 1.42. The molecule has 0 radical (unpaired) electrons. The fourth-order valence-electron chi connectivity index (χ4n) is 2.62. The monoisotopic (exact) mass is 334 g/mol. The Morgan fingerprint density at radius 1 is 1.17 bits per heavy atom. The van der Waals surface area contributed by atoms with Gasteiger partial charge in [-0.25, -0.2) is 9.50 Å². The number of benzene rings is 1. The molecule has 0 fully saturated rings. The first kappa shape index (κ1) is 14.7. The number of carbonyl (C=O) groups is 1. The minimum Gasteiger partial charge on any atom is -0.326 e. The van der Waals surface area contributed by atoms with Crippen LogP contribution >= 0.6 is 11.3 Å². The lowest BCUT2D eigenvalue weighted by Crippen LogP contribution is -2.01. The molecule has 0 aliphatic heterocycles. The first-order chi connectivity index (χ1) is 11.8. The molecular weight excluding hydrogens is 320 g/mol. The Labute approximate surface area is 142 Å². The Morgan fingerprint density at radius 2 is 2.00 bits per heavy atom. The highest BCUT2D eigenvalue weighted by molar-refractivity contribution is 7.12. The lowest BCUT2D eigenvalue weighted by atomic mass is 10.1. The van der Waals surface area contributed by atoms with Crippen molar-refractivity contribution in [1.82, 2.24) is 14.6 Å². The van der Waals surface area contributed by atoms with Crippen LogP contribution in [0, 0.1) is 0 Å². The lowest BCUT2D eigenvalue weighted by molar-refractivity contribution is 0.104. The molecule has 0 saturated heterocycles. The van der Waals surface area contributed by atoms with E-state index in [0.29, 0.717) is 22.6 Å². The van der Waals surface area contributed by atoms with Crippen molar-refractivity contribution in [1.29, 1.82) is 0 Å². The van der Waals surface area contributed by atoms with Crippen LogP contribution in [0.4, 0.5) is 0 Å². The highest BCUT2D eigenvalue weighted by Gasteiger charge is 2.18. The minimum atomic E-state index is -0.0527. The van der Waals surface area contributed by atoms with Gasteiger partial charge in [-0.1, -0.05) is 30.3 Å². The molecule has 118 valence electrons. The van der Waals surface area contributed by atoms with Crippen LogP contribution in [-0.4, -0.2) is 20.4 Å². The van der Waals surface area contributed by atoms with Crippen LogP contribution in [0.2, 0.25) is 0 Å². The summed E-state index contributed by atoms with van der Waals surface area (Å²) in [5.41, 5.74) is 9.67. The number of ketones is 1. The molecule has 0 unspecified atom stereocenters. The second kappa shape index (κ2) is 5.99. The topological polar surface area (TPSA) is 73.3 Å². The number of thiophene rings is 1. The maximum Gasteiger partial charge on any atom is 0.208 e. The van der Waals surface area contributed by atoms with Gasteiger partial charge in [0.25, 0.3) is 0 Å². The van der Waals surface area contributed by atoms with E-state index >= 15 is 0 Å². The van der Waals surface area contributed by atoms with E-state index < -0.39 is 0 Å². The quantitative estimate of drug-likeness (QED) is 0.582. The number of nitrogens with two attached hydrogens (primary N) is 1. The van der Waals surface area contributed by atoms with E-state index in [9.17, 15) is 4.79 Å². The fourth-order valence-corrected chi connectivity index (χ4v) is 3.30. The molecule has 6 heteroatoms. The van der Waals surface area contributed by atoms with Crippen molar-refractivity contribution in [3.05, 3.63) is 76.2 Å². The Morgan fingerprint density at radius 3 is 2.71 bits per heavy atom. The van der Waals surface area contributed by atoms with Gasteiger partial charge in [-0.05, 0) is 23.1 Å². The third-order valence-electron chi connectivity index (χ3n) is 3.88. The van der Waals surface area contributed by atoms with Crippen molar-refractivity contribution in [3.63, 3.8) is 0 Å². The van der Waals surface area contributed by atoms with Gasteiger partial charge in [-0.15, -0.1) is 11.3 Å². The SMILES string of the molecule is NCc1ccc(-c2ccnc3c(C(=O)c4cccs4)cnn23)cc1. The van der Waals surface area contributed by atoms with Crippen molar-refractivity contribution in [2.45, 2.75) is 6.54 Å². The molecule has 0 aliphatic carbocycles. The lowest BCUT2D eigenvalue weighted by Gasteiger charge is -2.06. The molecular formula is C18H14N4OS. The van der Waals surface area contributed by atoms with Crippen molar-refractivity contribution in [2.75, 3.05) is 0 Å². The van der Waals surface area contributed by atoms with E-state index in [1.807, 2.05) is 47.8 Å². The summed E-state index contributed by atoms with van der Waals surface area (Å²) in [5.74, 6) is -0.0527. The molecule has 0 saturated carbocycles. The molecule has 2 N–H and O–H groups in total. The molecule has 4 aromatic rings. The number of fused-ring (bicyclic) bond motifs is 1. The zero-order valence-electron chi connectivity index (χ0n) is 12.7. The summed E-state index contributed by atoms with van der Waals surface area (Å²) in [6.45, 7) is 0.507. The zero-order chi connectivity index (χ0) is 16.5. The highest BCUT2D eigenvalue weighted by atomic mass is 32.1. The second-order valence-corrected chi connectivity index (χ2v) is 6.28. The van der Waals surface area contributed by atoms with Gasteiger partial charge >= 0.3 is 0 Å². The van der Waals surface area contributed by atoms with Gasteiger partial charge in [0.05, 0.1) is 22.3 Å². The van der Waals surface area contributed by atoms with Gasteiger partial charge < -0.3 is 5.73 Å². The smallest absolute Gasteiger partial charge is 0.208 e. The van der Waals surface area contributed by atoms with Gasteiger partial charge in [0.1, 0.15) is 0 Å². The number of aromatic nitrogens is 3. The van der Waals surface area contributed by atoms with E-state index in [1.165, 1.54) is 11.3 Å². The van der Waals surface area contributed by atoms with Crippen LogP contribution in [0.25, 0.3) is 16.9 Å². The predicted molar refractivity (Wildman–Crippen MR) is 94.1 cm³/mol. The van der Waals surface area contributed by atoms with Crippen molar-refractivity contribution < 1.29 is 4.79 Å². The summed E-state index contributed by atoms with van der Waals surface area (Å²) in [5, 5.41) is 6.27. The third kappa shape index (κ3) is 2.42. The first-order valence-corrected chi connectivity index (χ1v) is 8.36. The minimum absolute atomic E-state index is 0.0527. The number of nitrogens with zero attached hydrogens (tertiary/aromatic N) is 3. The van der Waals surface area contributed by atoms with Crippen LogP contribution in [0.15, 0.2) is 60.2 Å². The van der Waals surface area contributed by atoms with Crippen molar-refractivity contribution in [2.24, 2.45) is 5.73 Å². The van der Waals surface area contributed by atoms with Gasteiger partial charge in [0.15, 0.2) is 5.65 Å². The predicted octanol–water partition coefficient (Wildman–Crippen LogP) is 3.15. The summed E-state index contributed by atoms with van der Waals surface area (Å²) < 4.78 is 1.71. The summed E-state index contributed by atoms with van der Waals surface area (Å²) in [7, 11) is 0. The van der Waals surface area contributed by atoms with Crippen LogP contribution in [0.5, 0.6) is 0 Å². The summed E-state index contributed by atoms with van der Waals surface area (Å²) in [4.78, 5) is 17.7. The molecule has 5 nitrogen and oxygen atoms in total. The van der Waals surface area contributed by atoms with Crippen molar-refractivity contribution in [3.8, 4) is 11.3 Å². The van der Waals surface area contributed by atoms with Crippen LogP contribution in [0.1, 0.15) is 20.8 Å². The molecule has 3 heterocycles. The van der Waals surface area contributed by atoms with Gasteiger partial charge in [0.2, 0.25) is 5.78 Å². The van der Waals surface area contributed by atoms with E-state index in [-0.39, 0.29) is 5.78 Å². The average molecular weight is 334 g/mol. The molecule has 4 rings (SSSR count). The largest absolute Gasteiger partial charge is 0.326 e. The molecule has 0 aliphatic rings. The van der Waals surface area contributed by atoms with Gasteiger partial charge in [-0.3, -0.25) is 4.79 Å². The highest BCUT2D eigenvalue weighted by Crippen LogP contribution is 2.23. The summed E-state index contributed by atoms with van der Waals surface area (Å²) in [6, 6.07) is 13.5. The summed E-state index contributed by atoms with van der Waals surface area (Å²) in [6.07, 6.45) is 3.29. The normalized spacial score (nSPS) is 11.0. The molecule has 0 atom stereocenters. The van der Waals surface area contributed by atoms with Gasteiger partial charge in [-0.2, -0.15) is 5.10 Å². The Kier molecular flexibility index (Phi) is 3.68. The second-order valence-electron chi connectivity index (χ2n) is 5.33. The van der Waals surface area contributed by atoms with Crippen LogP contribution in [-0.2, 0) is 6.54 Å². The van der Waals surface area contributed by atoms with Crippen LogP contribution < -0.4 is 5.73 Å². The molecule has 3 aromatic heterocycles.